The van der Waals surface area contributed by atoms with E-state index in [1.165, 1.54) is 12.0 Å². The third kappa shape index (κ3) is 4.14. The minimum atomic E-state index is -0.312. The summed E-state index contributed by atoms with van der Waals surface area (Å²) in [5.41, 5.74) is 1.24. The third-order valence-electron chi connectivity index (χ3n) is 3.98. The van der Waals surface area contributed by atoms with Crippen LogP contribution in [0, 0.1) is 0 Å². The van der Waals surface area contributed by atoms with Gasteiger partial charge in [-0.2, -0.15) is 0 Å². The van der Waals surface area contributed by atoms with Crippen LogP contribution >= 0.6 is 23.4 Å². The summed E-state index contributed by atoms with van der Waals surface area (Å²) in [7, 11) is 1.52. The normalized spacial score (nSPS) is 16.7. The number of ether oxygens (including phenoxy) is 1. The van der Waals surface area contributed by atoms with Crippen LogP contribution < -0.4 is 15.0 Å². The van der Waals surface area contributed by atoms with Gasteiger partial charge in [0.05, 0.1) is 18.5 Å². The molecule has 0 saturated heterocycles. The Morgan fingerprint density at radius 1 is 1.35 bits per heavy atom. The van der Waals surface area contributed by atoms with Crippen LogP contribution in [0.15, 0.2) is 47.4 Å². The van der Waals surface area contributed by atoms with Crippen LogP contribution in [-0.4, -0.2) is 30.7 Å². The molecule has 136 valence electrons. The Morgan fingerprint density at radius 3 is 2.88 bits per heavy atom. The van der Waals surface area contributed by atoms with Crippen molar-refractivity contribution in [2.45, 2.75) is 23.5 Å². The van der Waals surface area contributed by atoms with Crippen LogP contribution in [0.1, 0.15) is 13.3 Å². The van der Waals surface area contributed by atoms with E-state index in [0.29, 0.717) is 22.9 Å². The lowest BCUT2D eigenvalue weighted by molar-refractivity contribution is -0.121. The van der Waals surface area contributed by atoms with Gasteiger partial charge in [-0.25, -0.2) is 0 Å². The lowest BCUT2D eigenvalue weighted by Gasteiger charge is -2.22. The Kier molecular flexibility index (Phi) is 5.74. The van der Waals surface area contributed by atoms with Gasteiger partial charge in [-0.1, -0.05) is 30.7 Å². The number of benzene rings is 2. The lowest BCUT2D eigenvalue weighted by Crippen LogP contribution is -2.38. The number of hydrogen-bond donors (Lipinski definition) is 1. The van der Waals surface area contributed by atoms with Crippen molar-refractivity contribution in [2.24, 2.45) is 0 Å². The molecule has 5 nitrogen and oxygen atoms in total. The van der Waals surface area contributed by atoms with Crippen molar-refractivity contribution in [1.82, 2.24) is 0 Å². The van der Waals surface area contributed by atoms with Crippen molar-refractivity contribution >= 4 is 46.6 Å². The molecule has 3 rings (SSSR count). The second-order valence-corrected chi connectivity index (χ2v) is 7.89. The first-order valence-corrected chi connectivity index (χ1v) is 9.43. The van der Waals surface area contributed by atoms with E-state index in [0.717, 1.165) is 10.6 Å². The highest BCUT2D eigenvalue weighted by Gasteiger charge is 2.27. The summed E-state index contributed by atoms with van der Waals surface area (Å²) >= 11 is 7.65. The average Bonchev–Trinajstić information content (AvgIpc) is 2.71. The van der Waals surface area contributed by atoms with Crippen molar-refractivity contribution in [2.75, 3.05) is 23.9 Å². The van der Waals surface area contributed by atoms with Crippen LogP contribution in [0.5, 0.6) is 5.75 Å². The van der Waals surface area contributed by atoms with Crippen molar-refractivity contribution in [3.8, 4) is 5.75 Å². The van der Waals surface area contributed by atoms with E-state index < -0.39 is 0 Å². The van der Waals surface area contributed by atoms with Crippen molar-refractivity contribution in [3.05, 3.63) is 47.5 Å². The van der Waals surface area contributed by atoms with Crippen molar-refractivity contribution < 1.29 is 14.3 Å². The van der Waals surface area contributed by atoms with Gasteiger partial charge in [0.15, 0.2) is 0 Å². The lowest BCUT2D eigenvalue weighted by atomic mass is 10.2. The number of halogens is 1. The molecule has 7 heteroatoms. The molecule has 0 aliphatic carbocycles. The average molecular weight is 391 g/mol. The number of fused-ring (bicyclic) bond motifs is 1. The number of hydrogen-bond acceptors (Lipinski definition) is 4. The van der Waals surface area contributed by atoms with Gasteiger partial charge in [-0.3, -0.25) is 9.59 Å². The molecule has 0 fully saturated rings. The highest BCUT2D eigenvalue weighted by molar-refractivity contribution is 8.00. The van der Waals surface area contributed by atoms with Gasteiger partial charge in [0, 0.05) is 21.6 Å². The molecule has 0 bridgehead atoms. The van der Waals surface area contributed by atoms with Crippen LogP contribution in [0.3, 0.4) is 0 Å². The Bertz CT molecular complexity index is 843. The van der Waals surface area contributed by atoms with Gasteiger partial charge in [0.1, 0.15) is 12.3 Å². The van der Waals surface area contributed by atoms with Crippen LogP contribution in [0.4, 0.5) is 11.4 Å². The molecule has 0 aromatic heterocycles. The minimum Gasteiger partial charge on any atom is -0.495 e. The number of carbonyl (C=O) groups is 2. The van der Waals surface area contributed by atoms with Crippen LogP contribution in [0.25, 0.3) is 0 Å². The summed E-state index contributed by atoms with van der Waals surface area (Å²) in [4.78, 5) is 27.8. The topological polar surface area (TPSA) is 58.6 Å². The SMILES string of the molecule is COc1ccc(Cl)cc1NC(=O)CN1C(=O)C[C@H](C)Sc2ccccc21. The van der Waals surface area contributed by atoms with E-state index in [1.54, 1.807) is 30.0 Å². The number of nitrogens with one attached hydrogen (secondary N) is 1. The summed E-state index contributed by atoms with van der Waals surface area (Å²) in [6, 6.07) is 12.6. The number of amides is 2. The summed E-state index contributed by atoms with van der Waals surface area (Å²) < 4.78 is 5.25. The first kappa shape index (κ1) is 18.6. The molecule has 0 radical (unpaired) electrons. The molecular weight excluding hydrogens is 372 g/mol. The quantitative estimate of drug-likeness (QED) is 0.849. The van der Waals surface area contributed by atoms with Crippen molar-refractivity contribution in [1.29, 1.82) is 0 Å². The molecule has 1 atom stereocenters. The fraction of sp³-hybridized carbons (Fsp3) is 0.263. The Morgan fingerprint density at radius 2 is 2.12 bits per heavy atom. The number of anilines is 2. The maximum atomic E-state index is 12.6. The number of thioether (sulfide) groups is 1. The maximum absolute atomic E-state index is 12.6. The zero-order valence-corrected chi connectivity index (χ0v) is 16.1. The molecule has 0 spiro atoms. The molecule has 1 heterocycles. The van der Waals surface area contributed by atoms with Crippen LogP contribution in [-0.2, 0) is 9.59 Å². The van der Waals surface area contributed by atoms with Gasteiger partial charge in [-0.15, -0.1) is 11.8 Å². The predicted octanol–water partition coefficient (Wildman–Crippen LogP) is 4.20. The molecule has 0 unspecified atom stereocenters. The monoisotopic (exact) mass is 390 g/mol. The molecule has 2 amide bonds. The Hall–Kier alpha value is -2.18. The van der Waals surface area contributed by atoms with E-state index in [9.17, 15) is 9.59 Å². The van der Waals surface area contributed by atoms with Crippen molar-refractivity contribution in [3.63, 3.8) is 0 Å². The Labute approximate surface area is 161 Å². The zero-order chi connectivity index (χ0) is 18.7. The first-order valence-electron chi connectivity index (χ1n) is 8.17. The van der Waals surface area contributed by atoms with E-state index in [2.05, 4.69) is 5.32 Å². The van der Waals surface area contributed by atoms with Gasteiger partial charge < -0.3 is 15.0 Å². The van der Waals surface area contributed by atoms with Crippen LogP contribution in [0.2, 0.25) is 5.02 Å². The highest BCUT2D eigenvalue weighted by atomic mass is 35.5. The second-order valence-electron chi connectivity index (χ2n) is 5.97. The Balaban J connectivity index is 1.82. The summed E-state index contributed by atoms with van der Waals surface area (Å²) in [5, 5.41) is 3.43. The maximum Gasteiger partial charge on any atom is 0.244 e. The van der Waals surface area contributed by atoms with E-state index in [1.807, 2.05) is 31.2 Å². The van der Waals surface area contributed by atoms with Gasteiger partial charge in [0.25, 0.3) is 0 Å². The fourth-order valence-electron chi connectivity index (χ4n) is 2.81. The second kappa shape index (κ2) is 8.01. The number of carbonyl (C=O) groups excluding carboxylic acids is 2. The molecule has 2 aromatic carbocycles. The summed E-state index contributed by atoms with van der Waals surface area (Å²) in [6.45, 7) is 1.94. The number of rotatable bonds is 4. The number of nitrogens with zero attached hydrogens (tertiary/aromatic N) is 1. The smallest absolute Gasteiger partial charge is 0.244 e. The highest BCUT2D eigenvalue weighted by Crippen LogP contribution is 2.37. The minimum absolute atomic E-state index is 0.0665. The molecular formula is C19H19ClN2O3S. The molecule has 1 aliphatic rings. The van der Waals surface area contributed by atoms with Gasteiger partial charge >= 0.3 is 0 Å². The van der Waals surface area contributed by atoms with Gasteiger partial charge in [0.2, 0.25) is 11.8 Å². The standard InChI is InChI=1S/C19H19ClN2O3S/c1-12-9-19(24)22(15-5-3-4-6-17(15)26-12)11-18(23)21-14-10-13(20)7-8-16(14)25-2/h3-8,10,12H,9,11H2,1-2H3,(H,21,23)/t12-/m0/s1. The van der Waals surface area contributed by atoms with E-state index in [-0.39, 0.29) is 23.6 Å². The predicted molar refractivity (Wildman–Crippen MR) is 105 cm³/mol. The fourth-order valence-corrected chi connectivity index (χ4v) is 4.10. The first-order chi connectivity index (χ1) is 12.5. The molecule has 0 saturated carbocycles. The molecule has 1 N–H and O–H groups in total. The van der Waals surface area contributed by atoms with E-state index in [4.69, 9.17) is 16.3 Å². The number of methoxy groups -OCH3 is 1. The number of para-hydroxylation sites is 1. The molecule has 2 aromatic rings. The molecule has 1 aliphatic heterocycles. The van der Waals surface area contributed by atoms with Gasteiger partial charge in [-0.05, 0) is 30.3 Å². The zero-order valence-electron chi connectivity index (χ0n) is 14.5. The van der Waals surface area contributed by atoms with E-state index >= 15 is 0 Å². The summed E-state index contributed by atoms with van der Waals surface area (Å²) in [5.74, 6) is 0.131. The summed E-state index contributed by atoms with van der Waals surface area (Å²) in [6.07, 6.45) is 0.382. The third-order valence-corrected chi connectivity index (χ3v) is 5.39. The largest absolute Gasteiger partial charge is 0.495 e. The molecule has 26 heavy (non-hydrogen) atoms.